The molecule has 2 heterocycles. The Kier molecular flexibility index (Phi) is 4.44. The lowest BCUT2D eigenvalue weighted by atomic mass is 10.2. The molecule has 24 heavy (non-hydrogen) atoms. The van der Waals surface area contributed by atoms with Crippen LogP contribution >= 0.6 is 11.8 Å². The maximum atomic E-state index is 12.7. The Labute approximate surface area is 143 Å². The Morgan fingerprint density at radius 3 is 2.54 bits per heavy atom. The first-order valence-electron chi connectivity index (χ1n) is 7.48. The summed E-state index contributed by atoms with van der Waals surface area (Å²) in [6, 6.07) is 9.86. The van der Waals surface area contributed by atoms with Crippen molar-refractivity contribution in [3.8, 4) is 0 Å². The maximum Gasteiger partial charge on any atom is 0.332 e. The molecule has 1 aromatic carbocycles. The molecule has 0 saturated carbocycles. The van der Waals surface area contributed by atoms with E-state index in [9.17, 15) is 9.59 Å². The highest BCUT2D eigenvalue weighted by molar-refractivity contribution is 7.99. The molecule has 0 bridgehead atoms. The third-order valence-electron chi connectivity index (χ3n) is 3.83. The Hall–Kier alpha value is -2.54. The van der Waals surface area contributed by atoms with Gasteiger partial charge in [0, 0.05) is 19.8 Å². The quantitative estimate of drug-likeness (QED) is 0.524. The van der Waals surface area contributed by atoms with E-state index < -0.39 is 0 Å². The molecule has 0 spiro atoms. The molecule has 0 aliphatic rings. The van der Waals surface area contributed by atoms with Crippen LogP contribution in [-0.2, 0) is 20.6 Å². The van der Waals surface area contributed by atoms with Gasteiger partial charge in [-0.15, -0.1) is 6.58 Å². The van der Waals surface area contributed by atoms with E-state index in [0.717, 1.165) is 10.1 Å². The van der Waals surface area contributed by atoms with Gasteiger partial charge < -0.3 is 4.57 Å². The van der Waals surface area contributed by atoms with Crippen LogP contribution in [0.5, 0.6) is 0 Å². The molecule has 0 N–H and O–H groups in total. The summed E-state index contributed by atoms with van der Waals surface area (Å²) in [7, 11) is 3.12. The predicted octanol–water partition coefficient (Wildman–Crippen LogP) is 1.76. The van der Waals surface area contributed by atoms with Crippen molar-refractivity contribution in [2.75, 3.05) is 5.75 Å². The number of nitrogens with zero attached hydrogens (tertiary/aromatic N) is 4. The maximum absolute atomic E-state index is 12.7. The number of imidazole rings is 1. The number of hydrogen-bond acceptors (Lipinski definition) is 4. The highest BCUT2D eigenvalue weighted by atomic mass is 32.2. The molecule has 7 heteroatoms. The lowest BCUT2D eigenvalue weighted by Crippen LogP contribution is -2.37. The van der Waals surface area contributed by atoms with Crippen LogP contribution < -0.4 is 11.2 Å². The molecule has 0 radical (unpaired) electrons. The topological polar surface area (TPSA) is 61.8 Å². The molecule has 124 valence electrons. The van der Waals surface area contributed by atoms with Crippen molar-refractivity contribution >= 4 is 22.9 Å². The Balaban J connectivity index is 2.29. The zero-order valence-electron chi connectivity index (χ0n) is 13.6. The Bertz CT molecular complexity index is 1010. The number of hydrogen-bond donors (Lipinski definition) is 0. The molecule has 2 aromatic heterocycles. The first-order valence-corrected chi connectivity index (χ1v) is 8.47. The standard InChI is InChI=1S/C17H18N4O2S/c1-4-10-24-16-18-14-13(15(22)20(3)17(23)19(14)2)21(16)11-12-8-6-5-7-9-12/h4-9H,1,10-11H2,2-3H3. The van der Waals surface area contributed by atoms with Gasteiger partial charge in [0.2, 0.25) is 0 Å². The summed E-state index contributed by atoms with van der Waals surface area (Å²) in [4.78, 5) is 29.3. The third kappa shape index (κ3) is 2.71. The summed E-state index contributed by atoms with van der Waals surface area (Å²) in [6.07, 6.45) is 1.79. The van der Waals surface area contributed by atoms with E-state index in [1.54, 1.807) is 13.1 Å². The van der Waals surface area contributed by atoms with Crippen molar-refractivity contribution in [3.63, 3.8) is 0 Å². The van der Waals surface area contributed by atoms with E-state index in [0.29, 0.717) is 28.6 Å². The largest absolute Gasteiger partial charge is 0.332 e. The minimum absolute atomic E-state index is 0.331. The van der Waals surface area contributed by atoms with Crippen molar-refractivity contribution in [1.29, 1.82) is 0 Å². The average Bonchev–Trinajstić information content (AvgIpc) is 2.95. The summed E-state index contributed by atoms with van der Waals surface area (Å²) in [5.74, 6) is 0.673. The number of aryl methyl sites for hydroxylation is 1. The van der Waals surface area contributed by atoms with Gasteiger partial charge in [-0.3, -0.25) is 13.9 Å². The fourth-order valence-corrected chi connectivity index (χ4v) is 3.31. The predicted molar refractivity (Wildman–Crippen MR) is 96.7 cm³/mol. The molecule has 0 amide bonds. The first-order chi connectivity index (χ1) is 11.5. The van der Waals surface area contributed by atoms with E-state index in [4.69, 9.17) is 0 Å². The molecule has 0 aliphatic heterocycles. The molecule has 0 unspecified atom stereocenters. The number of rotatable bonds is 5. The minimum atomic E-state index is -0.378. The summed E-state index contributed by atoms with van der Waals surface area (Å²) in [6.45, 7) is 4.25. The second-order valence-electron chi connectivity index (χ2n) is 5.44. The van der Waals surface area contributed by atoms with Crippen molar-refractivity contribution in [2.45, 2.75) is 11.7 Å². The van der Waals surface area contributed by atoms with Gasteiger partial charge in [-0.2, -0.15) is 0 Å². The van der Waals surface area contributed by atoms with Crippen LogP contribution in [-0.4, -0.2) is 24.4 Å². The molecule has 0 saturated heterocycles. The van der Waals surface area contributed by atoms with E-state index in [1.165, 1.54) is 23.4 Å². The van der Waals surface area contributed by atoms with Crippen LogP contribution in [0.25, 0.3) is 11.2 Å². The number of benzene rings is 1. The van der Waals surface area contributed by atoms with Gasteiger partial charge in [0.15, 0.2) is 16.3 Å². The van der Waals surface area contributed by atoms with Crippen molar-refractivity contribution in [1.82, 2.24) is 18.7 Å². The molecular formula is C17H18N4O2S. The fraction of sp³-hybridized carbons (Fsp3) is 0.235. The highest BCUT2D eigenvalue weighted by Crippen LogP contribution is 2.22. The molecule has 3 aromatic rings. The second kappa shape index (κ2) is 6.52. The SMILES string of the molecule is C=CCSc1nc2c(c(=O)n(C)c(=O)n2C)n1Cc1ccccc1. The Morgan fingerprint density at radius 2 is 1.88 bits per heavy atom. The molecule has 0 atom stereocenters. The normalized spacial score (nSPS) is 11.1. The molecular weight excluding hydrogens is 324 g/mol. The van der Waals surface area contributed by atoms with Crippen molar-refractivity contribution in [2.24, 2.45) is 14.1 Å². The van der Waals surface area contributed by atoms with Gasteiger partial charge in [-0.05, 0) is 5.56 Å². The average molecular weight is 342 g/mol. The third-order valence-corrected chi connectivity index (χ3v) is 4.80. The van der Waals surface area contributed by atoms with Crippen LogP contribution in [0.15, 0.2) is 57.7 Å². The molecule has 0 aliphatic carbocycles. The van der Waals surface area contributed by atoms with Gasteiger partial charge in [-0.1, -0.05) is 48.2 Å². The van der Waals surface area contributed by atoms with Crippen LogP contribution in [0.4, 0.5) is 0 Å². The van der Waals surface area contributed by atoms with Crippen LogP contribution in [0.3, 0.4) is 0 Å². The zero-order valence-corrected chi connectivity index (χ0v) is 14.4. The number of fused-ring (bicyclic) bond motifs is 1. The fourth-order valence-electron chi connectivity index (χ4n) is 2.58. The molecule has 0 fully saturated rings. The monoisotopic (exact) mass is 342 g/mol. The van der Waals surface area contributed by atoms with E-state index in [1.807, 2.05) is 34.9 Å². The van der Waals surface area contributed by atoms with Gasteiger partial charge >= 0.3 is 5.69 Å². The molecule has 6 nitrogen and oxygen atoms in total. The first kappa shape index (κ1) is 16.3. The van der Waals surface area contributed by atoms with Gasteiger partial charge in [0.1, 0.15) is 0 Å². The lowest BCUT2D eigenvalue weighted by Gasteiger charge is -2.09. The summed E-state index contributed by atoms with van der Waals surface area (Å²) < 4.78 is 4.41. The minimum Gasteiger partial charge on any atom is -0.309 e. The zero-order chi connectivity index (χ0) is 17.3. The molecule has 3 rings (SSSR count). The number of thioether (sulfide) groups is 1. The smallest absolute Gasteiger partial charge is 0.309 e. The van der Waals surface area contributed by atoms with E-state index in [2.05, 4.69) is 11.6 Å². The Morgan fingerprint density at radius 1 is 1.17 bits per heavy atom. The van der Waals surface area contributed by atoms with Gasteiger partial charge in [0.25, 0.3) is 5.56 Å². The number of aromatic nitrogens is 4. The lowest BCUT2D eigenvalue weighted by molar-refractivity contribution is 0.696. The summed E-state index contributed by atoms with van der Waals surface area (Å²) >= 11 is 1.49. The van der Waals surface area contributed by atoms with Crippen LogP contribution in [0, 0.1) is 0 Å². The van der Waals surface area contributed by atoms with Crippen molar-refractivity contribution < 1.29 is 0 Å². The van der Waals surface area contributed by atoms with E-state index >= 15 is 0 Å². The van der Waals surface area contributed by atoms with Crippen LogP contribution in [0.1, 0.15) is 5.56 Å². The highest BCUT2D eigenvalue weighted by Gasteiger charge is 2.19. The van der Waals surface area contributed by atoms with E-state index in [-0.39, 0.29) is 11.2 Å². The summed E-state index contributed by atoms with van der Waals surface area (Å²) in [5.41, 5.74) is 1.20. The van der Waals surface area contributed by atoms with Crippen LogP contribution in [0.2, 0.25) is 0 Å². The second-order valence-corrected chi connectivity index (χ2v) is 6.43. The van der Waals surface area contributed by atoms with Gasteiger partial charge in [0.05, 0.1) is 6.54 Å². The summed E-state index contributed by atoms with van der Waals surface area (Å²) in [5, 5.41) is 0.701. The van der Waals surface area contributed by atoms with Crippen molar-refractivity contribution in [3.05, 3.63) is 69.4 Å². The van der Waals surface area contributed by atoms with Gasteiger partial charge in [-0.25, -0.2) is 9.78 Å².